The summed E-state index contributed by atoms with van der Waals surface area (Å²) in [4.78, 5) is 58.9. The van der Waals surface area contributed by atoms with Gasteiger partial charge in [-0.05, 0) is 38.8 Å². The molecule has 1 saturated heterocycles. The van der Waals surface area contributed by atoms with Crippen molar-refractivity contribution in [2.75, 3.05) is 29.9 Å². The molecule has 4 heterocycles. The number of allylic oxidation sites excluding steroid dienone is 2. The van der Waals surface area contributed by atoms with Crippen LogP contribution in [-0.2, 0) is 24.9 Å². The lowest BCUT2D eigenvalue weighted by molar-refractivity contribution is -0.118. The number of Topliss-reactive ketones (excluding diaryl/α,β-unsaturated/α-hetero) is 1. The number of imidazole rings is 1. The minimum absolute atomic E-state index is 0.0117. The Morgan fingerprint density at radius 2 is 2.03 bits per heavy atom. The summed E-state index contributed by atoms with van der Waals surface area (Å²) < 4.78 is 9.52. The van der Waals surface area contributed by atoms with Gasteiger partial charge in [0.05, 0.1) is 17.8 Å². The summed E-state index contributed by atoms with van der Waals surface area (Å²) in [5.74, 6) is -0.0210. The number of amides is 1. The van der Waals surface area contributed by atoms with Crippen molar-refractivity contribution < 1.29 is 14.3 Å². The number of aromatic nitrogens is 4. The fourth-order valence-corrected chi connectivity index (χ4v) is 4.94. The molecule has 1 amide bonds. The molecule has 0 bridgehead atoms. The van der Waals surface area contributed by atoms with Crippen LogP contribution >= 0.6 is 0 Å². The van der Waals surface area contributed by atoms with Crippen LogP contribution in [0, 0.1) is 0 Å². The standard InChI is InChI=1S/C26H31N7O5/c1-15(2)9-11-32-21-23(29-25(32)31-10-5-6-16(27)12-31)30(3)26(37)33(24(21)36)13-19(34)17-7-4-8-18-22(17)38-14-20(35)28-18/h4,7-9,16H,5-6,10-14,27H2,1-3H3,(H,28,35). The molecular formula is C26H31N7O5. The topological polar surface area (TPSA) is 146 Å². The summed E-state index contributed by atoms with van der Waals surface area (Å²) in [7, 11) is 1.54. The number of carbonyl (C=O) groups excluding carboxylic acids is 2. The zero-order valence-corrected chi connectivity index (χ0v) is 21.7. The smallest absolute Gasteiger partial charge is 0.332 e. The third-order valence-electron chi connectivity index (χ3n) is 6.87. The van der Waals surface area contributed by atoms with E-state index in [1.165, 1.54) is 11.6 Å². The van der Waals surface area contributed by atoms with Crippen molar-refractivity contribution in [3.63, 3.8) is 0 Å². The zero-order chi connectivity index (χ0) is 27.1. The van der Waals surface area contributed by atoms with Gasteiger partial charge in [0.25, 0.3) is 11.5 Å². The van der Waals surface area contributed by atoms with E-state index in [1.54, 1.807) is 22.8 Å². The molecule has 0 aliphatic carbocycles. The molecule has 0 radical (unpaired) electrons. The number of hydrogen-bond acceptors (Lipinski definition) is 8. The Hall–Kier alpha value is -4.19. The van der Waals surface area contributed by atoms with Gasteiger partial charge in [0.15, 0.2) is 29.3 Å². The quantitative estimate of drug-likeness (QED) is 0.361. The third-order valence-corrected chi connectivity index (χ3v) is 6.87. The van der Waals surface area contributed by atoms with E-state index >= 15 is 0 Å². The third kappa shape index (κ3) is 4.51. The maximum Gasteiger partial charge on any atom is 0.332 e. The number of carbonyl (C=O) groups is 2. The molecule has 2 aliphatic heterocycles. The number of ether oxygens (including phenoxy) is 1. The Morgan fingerprint density at radius 3 is 2.76 bits per heavy atom. The molecule has 5 rings (SSSR count). The molecule has 38 heavy (non-hydrogen) atoms. The number of rotatable bonds is 6. The predicted molar refractivity (Wildman–Crippen MR) is 143 cm³/mol. The number of aryl methyl sites for hydroxylation is 1. The van der Waals surface area contributed by atoms with E-state index in [-0.39, 0.29) is 41.0 Å². The summed E-state index contributed by atoms with van der Waals surface area (Å²) in [6, 6.07) is 4.76. The first-order valence-corrected chi connectivity index (χ1v) is 12.6. The first-order chi connectivity index (χ1) is 18.2. The Kier molecular flexibility index (Phi) is 6.66. The first-order valence-electron chi connectivity index (χ1n) is 12.6. The second-order valence-corrected chi connectivity index (χ2v) is 10.00. The molecule has 12 nitrogen and oxygen atoms in total. The molecule has 1 atom stereocenters. The average molecular weight is 522 g/mol. The molecule has 1 aromatic carbocycles. The van der Waals surface area contributed by atoms with Gasteiger partial charge < -0.3 is 25.3 Å². The number of anilines is 2. The molecule has 0 saturated carbocycles. The van der Waals surface area contributed by atoms with Gasteiger partial charge in [-0.1, -0.05) is 17.7 Å². The minimum atomic E-state index is -0.649. The van der Waals surface area contributed by atoms with Crippen molar-refractivity contribution in [1.82, 2.24) is 18.7 Å². The van der Waals surface area contributed by atoms with Gasteiger partial charge in [-0.3, -0.25) is 23.5 Å². The molecule has 3 N–H and O–H groups in total. The molecule has 12 heteroatoms. The summed E-state index contributed by atoms with van der Waals surface area (Å²) in [5, 5.41) is 2.66. The molecule has 2 aromatic heterocycles. The lowest BCUT2D eigenvalue weighted by Crippen LogP contribution is -2.44. The van der Waals surface area contributed by atoms with Crippen molar-refractivity contribution in [1.29, 1.82) is 0 Å². The number of nitrogens with one attached hydrogen (secondary N) is 1. The van der Waals surface area contributed by atoms with Crippen LogP contribution in [0.3, 0.4) is 0 Å². The van der Waals surface area contributed by atoms with Crippen molar-refractivity contribution in [2.45, 2.75) is 45.8 Å². The van der Waals surface area contributed by atoms with E-state index in [1.807, 2.05) is 24.8 Å². The molecule has 1 unspecified atom stereocenters. The van der Waals surface area contributed by atoms with E-state index in [2.05, 4.69) is 5.32 Å². The number of benzene rings is 1. The summed E-state index contributed by atoms with van der Waals surface area (Å²) in [6.07, 6.45) is 3.79. The van der Waals surface area contributed by atoms with Crippen LogP contribution in [0.4, 0.5) is 11.6 Å². The fraction of sp³-hybridized carbons (Fsp3) is 0.423. The van der Waals surface area contributed by atoms with Gasteiger partial charge in [0, 0.05) is 32.7 Å². The first kappa shape index (κ1) is 25.5. The molecule has 200 valence electrons. The second kappa shape index (κ2) is 9.93. The minimum Gasteiger partial charge on any atom is -0.481 e. The largest absolute Gasteiger partial charge is 0.481 e. The van der Waals surface area contributed by atoms with Gasteiger partial charge in [-0.25, -0.2) is 4.79 Å². The lowest BCUT2D eigenvalue weighted by Gasteiger charge is -2.31. The number of ketones is 1. The van der Waals surface area contributed by atoms with Gasteiger partial charge in [-0.15, -0.1) is 0 Å². The summed E-state index contributed by atoms with van der Waals surface area (Å²) >= 11 is 0. The molecule has 2 aliphatic rings. The Bertz CT molecular complexity index is 1590. The van der Waals surface area contributed by atoms with Gasteiger partial charge in [-0.2, -0.15) is 4.98 Å². The van der Waals surface area contributed by atoms with Crippen LogP contribution in [0.5, 0.6) is 5.75 Å². The SMILES string of the molecule is CC(C)=CCn1c(N2CCCC(N)C2)nc2c1c(=O)n(CC(=O)c1cccc3c1OCC(=O)N3)c(=O)n2C. The highest BCUT2D eigenvalue weighted by atomic mass is 16.5. The van der Waals surface area contributed by atoms with Crippen LogP contribution in [0.2, 0.25) is 0 Å². The van der Waals surface area contributed by atoms with E-state index < -0.39 is 23.6 Å². The number of piperidine rings is 1. The van der Waals surface area contributed by atoms with E-state index in [0.717, 1.165) is 29.5 Å². The average Bonchev–Trinajstić information content (AvgIpc) is 3.28. The van der Waals surface area contributed by atoms with Crippen molar-refractivity contribution in [3.05, 3.63) is 56.2 Å². The molecule has 3 aromatic rings. The molecule has 0 spiro atoms. The van der Waals surface area contributed by atoms with E-state index in [9.17, 15) is 19.2 Å². The fourth-order valence-electron chi connectivity index (χ4n) is 4.94. The lowest BCUT2D eigenvalue weighted by atomic mass is 10.1. The van der Waals surface area contributed by atoms with Crippen LogP contribution < -0.4 is 31.9 Å². The number of para-hydroxylation sites is 1. The van der Waals surface area contributed by atoms with Crippen LogP contribution in [0.1, 0.15) is 37.0 Å². The number of nitrogens with zero attached hydrogens (tertiary/aromatic N) is 5. The summed E-state index contributed by atoms with van der Waals surface area (Å²) in [6.45, 7) is 4.92. The van der Waals surface area contributed by atoms with E-state index in [4.69, 9.17) is 15.5 Å². The Labute approximate surface area is 218 Å². The molecule has 1 fully saturated rings. The van der Waals surface area contributed by atoms with Crippen molar-refractivity contribution >= 4 is 34.5 Å². The maximum atomic E-state index is 13.8. The highest BCUT2D eigenvalue weighted by molar-refractivity contribution is 6.04. The monoisotopic (exact) mass is 521 g/mol. The number of hydrogen-bond donors (Lipinski definition) is 2. The van der Waals surface area contributed by atoms with E-state index in [0.29, 0.717) is 24.7 Å². The summed E-state index contributed by atoms with van der Waals surface area (Å²) in [5.41, 5.74) is 7.08. The normalized spacial score (nSPS) is 17.1. The van der Waals surface area contributed by atoms with Gasteiger partial charge in [0.2, 0.25) is 5.95 Å². The molecular weight excluding hydrogens is 490 g/mol. The highest BCUT2D eigenvalue weighted by Crippen LogP contribution is 2.32. The van der Waals surface area contributed by atoms with Crippen LogP contribution in [0.25, 0.3) is 11.2 Å². The Morgan fingerprint density at radius 1 is 1.24 bits per heavy atom. The van der Waals surface area contributed by atoms with Gasteiger partial charge in [0.1, 0.15) is 0 Å². The number of nitrogens with two attached hydrogens (primary N) is 1. The van der Waals surface area contributed by atoms with Crippen molar-refractivity contribution in [3.8, 4) is 5.75 Å². The Balaban J connectivity index is 1.62. The maximum absolute atomic E-state index is 13.8. The predicted octanol–water partition coefficient (Wildman–Crippen LogP) is 1.00. The van der Waals surface area contributed by atoms with Gasteiger partial charge >= 0.3 is 5.69 Å². The number of fused-ring (bicyclic) bond motifs is 2. The van der Waals surface area contributed by atoms with Crippen LogP contribution in [0.15, 0.2) is 39.4 Å². The zero-order valence-electron chi connectivity index (χ0n) is 21.7. The highest BCUT2D eigenvalue weighted by Gasteiger charge is 2.28. The van der Waals surface area contributed by atoms with Crippen LogP contribution in [-0.4, -0.2) is 56.1 Å². The van der Waals surface area contributed by atoms with Crippen molar-refractivity contribution in [2.24, 2.45) is 12.8 Å². The second-order valence-electron chi connectivity index (χ2n) is 10.00.